The van der Waals surface area contributed by atoms with Crippen LogP contribution in [0.2, 0.25) is 5.02 Å². The Bertz CT molecular complexity index is 541. The summed E-state index contributed by atoms with van der Waals surface area (Å²) in [5, 5.41) is 0.550. The van der Waals surface area contributed by atoms with Crippen LogP contribution in [-0.2, 0) is 9.59 Å². The van der Waals surface area contributed by atoms with Crippen LogP contribution in [0.3, 0.4) is 0 Å². The SMILES string of the molecule is CC1(C)CCC(=O)/C(=C/c2ccccc2Cl)C1=O. The Balaban J connectivity index is 2.45. The summed E-state index contributed by atoms with van der Waals surface area (Å²) in [6, 6.07) is 7.20. The van der Waals surface area contributed by atoms with Crippen molar-refractivity contribution in [2.45, 2.75) is 26.7 Å². The highest BCUT2D eigenvalue weighted by molar-refractivity contribution is 6.33. The van der Waals surface area contributed by atoms with Gasteiger partial charge in [-0.05, 0) is 24.1 Å². The van der Waals surface area contributed by atoms with Crippen LogP contribution in [0.1, 0.15) is 32.3 Å². The Labute approximate surface area is 112 Å². The minimum atomic E-state index is -0.457. The average Bonchev–Trinajstić information content (AvgIpc) is 2.33. The van der Waals surface area contributed by atoms with Gasteiger partial charge < -0.3 is 0 Å². The first-order chi connectivity index (χ1) is 8.42. The fraction of sp³-hybridized carbons (Fsp3) is 0.333. The van der Waals surface area contributed by atoms with Crippen LogP contribution >= 0.6 is 11.6 Å². The smallest absolute Gasteiger partial charge is 0.172 e. The molecule has 3 heteroatoms. The summed E-state index contributed by atoms with van der Waals surface area (Å²) >= 11 is 6.04. The van der Waals surface area contributed by atoms with E-state index in [2.05, 4.69) is 0 Å². The van der Waals surface area contributed by atoms with E-state index in [9.17, 15) is 9.59 Å². The lowest BCUT2D eigenvalue weighted by molar-refractivity contribution is -0.130. The van der Waals surface area contributed by atoms with Crippen molar-refractivity contribution >= 4 is 29.2 Å². The number of benzene rings is 1. The van der Waals surface area contributed by atoms with Crippen molar-refractivity contribution in [2.75, 3.05) is 0 Å². The van der Waals surface area contributed by atoms with E-state index in [1.807, 2.05) is 26.0 Å². The highest BCUT2D eigenvalue weighted by Crippen LogP contribution is 2.34. The third-order valence-corrected chi connectivity index (χ3v) is 3.69. The quantitative estimate of drug-likeness (QED) is 0.571. The molecule has 1 aliphatic carbocycles. The fourth-order valence-corrected chi connectivity index (χ4v) is 2.25. The third-order valence-electron chi connectivity index (χ3n) is 3.34. The minimum Gasteiger partial charge on any atom is -0.294 e. The Kier molecular flexibility index (Phi) is 3.40. The van der Waals surface area contributed by atoms with Gasteiger partial charge in [0, 0.05) is 16.9 Å². The van der Waals surface area contributed by atoms with Gasteiger partial charge in [-0.15, -0.1) is 0 Å². The van der Waals surface area contributed by atoms with E-state index in [0.717, 1.165) is 0 Å². The van der Waals surface area contributed by atoms with Gasteiger partial charge in [0.15, 0.2) is 11.6 Å². The Hall–Kier alpha value is -1.41. The van der Waals surface area contributed by atoms with E-state index in [-0.39, 0.29) is 17.1 Å². The number of allylic oxidation sites excluding steroid dienone is 1. The predicted molar refractivity (Wildman–Crippen MR) is 72.5 cm³/mol. The van der Waals surface area contributed by atoms with Gasteiger partial charge in [0.2, 0.25) is 0 Å². The Morgan fingerprint density at radius 3 is 2.56 bits per heavy atom. The van der Waals surface area contributed by atoms with Gasteiger partial charge in [0.1, 0.15) is 0 Å². The number of hydrogen-bond donors (Lipinski definition) is 0. The van der Waals surface area contributed by atoms with Gasteiger partial charge in [-0.2, -0.15) is 0 Å². The zero-order valence-corrected chi connectivity index (χ0v) is 11.3. The van der Waals surface area contributed by atoms with Crippen LogP contribution in [0.15, 0.2) is 29.8 Å². The molecule has 1 fully saturated rings. The van der Waals surface area contributed by atoms with Gasteiger partial charge in [-0.25, -0.2) is 0 Å². The van der Waals surface area contributed by atoms with E-state index in [0.29, 0.717) is 23.4 Å². The zero-order chi connectivity index (χ0) is 13.3. The summed E-state index contributed by atoms with van der Waals surface area (Å²) in [5.74, 6) is -0.169. The molecule has 0 N–H and O–H groups in total. The van der Waals surface area contributed by atoms with E-state index < -0.39 is 5.41 Å². The molecule has 1 aromatic rings. The molecule has 0 bridgehead atoms. The fourth-order valence-electron chi connectivity index (χ4n) is 2.06. The van der Waals surface area contributed by atoms with Crippen LogP contribution in [-0.4, -0.2) is 11.6 Å². The molecular formula is C15H15ClO2. The predicted octanol–water partition coefficient (Wildman–Crippen LogP) is 3.68. The number of carbonyl (C=O) groups is 2. The van der Waals surface area contributed by atoms with Crippen LogP contribution in [0.4, 0.5) is 0 Å². The van der Waals surface area contributed by atoms with Crippen LogP contribution in [0, 0.1) is 5.41 Å². The highest BCUT2D eigenvalue weighted by Gasteiger charge is 2.37. The lowest BCUT2D eigenvalue weighted by atomic mass is 9.73. The number of halogens is 1. The van der Waals surface area contributed by atoms with E-state index in [4.69, 9.17) is 11.6 Å². The molecule has 0 spiro atoms. The summed E-state index contributed by atoms with van der Waals surface area (Å²) in [5.41, 5.74) is 0.536. The first kappa shape index (κ1) is 13.0. The molecule has 0 radical (unpaired) electrons. The Morgan fingerprint density at radius 2 is 1.89 bits per heavy atom. The van der Waals surface area contributed by atoms with Crippen molar-refractivity contribution in [3.63, 3.8) is 0 Å². The van der Waals surface area contributed by atoms with Crippen LogP contribution in [0.25, 0.3) is 6.08 Å². The molecule has 1 saturated carbocycles. The number of rotatable bonds is 1. The topological polar surface area (TPSA) is 34.1 Å². The number of Topliss-reactive ketones (excluding diaryl/α,β-unsaturated/α-hetero) is 2. The minimum absolute atomic E-state index is 0.0840. The second kappa shape index (κ2) is 4.69. The van der Waals surface area contributed by atoms with Gasteiger partial charge >= 0.3 is 0 Å². The lowest BCUT2D eigenvalue weighted by Gasteiger charge is -2.28. The summed E-state index contributed by atoms with van der Waals surface area (Å²) in [6.07, 6.45) is 2.66. The maximum atomic E-state index is 12.2. The lowest BCUT2D eigenvalue weighted by Crippen LogP contribution is -2.34. The number of hydrogen-bond acceptors (Lipinski definition) is 2. The summed E-state index contributed by atoms with van der Waals surface area (Å²) in [7, 11) is 0. The van der Waals surface area contributed by atoms with Gasteiger partial charge in [-0.1, -0.05) is 43.6 Å². The molecule has 1 aromatic carbocycles. The average molecular weight is 263 g/mol. The third kappa shape index (κ3) is 2.39. The van der Waals surface area contributed by atoms with E-state index in [1.165, 1.54) is 0 Å². The van der Waals surface area contributed by atoms with Crippen LogP contribution in [0.5, 0.6) is 0 Å². The molecule has 0 atom stereocenters. The van der Waals surface area contributed by atoms with Crippen molar-refractivity contribution in [3.8, 4) is 0 Å². The summed E-state index contributed by atoms with van der Waals surface area (Å²) in [4.78, 5) is 24.1. The van der Waals surface area contributed by atoms with Gasteiger partial charge in [-0.3, -0.25) is 9.59 Å². The summed E-state index contributed by atoms with van der Waals surface area (Å²) < 4.78 is 0. The van der Waals surface area contributed by atoms with E-state index >= 15 is 0 Å². The largest absolute Gasteiger partial charge is 0.294 e. The zero-order valence-electron chi connectivity index (χ0n) is 10.5. The molecule has 0 saturated heterocycles. The maximum absolute atomic E-state index is 12.2. The molecule has 2 rings (SSSR count). The molecule has 0 aromatic heterocycles. The van der Waals surface area contributed by atoms with Crippen molar-refractivity contribution in [2.24, 2.45) is 5.41 Å². The maximum Gasteiger partial charge on any atom is 0.172 e. The molecule has 0 unspecified atom stereocenters. The number of carbonyl (C=O) groups excluding carboxylic acids is 2. The molecule has 0 heterocycles. The molecule has 1 aliphatic rings. The first-order valence-corrected chi connectivity index (χ1v) is 6.34. The number of ketones is 2. The normalized spacial score (nSPS) is 21.4. The second-order valence-corrected chi connectivity index (χ2v) is 5.62. The molecule has 0 amide bonds. The molecule has 18 heavy (non-hydrogen) atoms. The standard InChI is InChI=1S/C15H15ClO2/c1-15(2)8-7-13(17)11(14(15)18)9-10-5-3-4-6-12(10)16/h3-6,9H,7-8H2,1-2H3/b11-9-. The van der Waals surface area contributed by atoms with Gasteiger partial charge in [0.25, 0.3) is 0 Å². The highest BCUT2D eigenvalue weighted by atomic mass is 35.5. The first-order valence-electron chi connectivity index (χ1n) is 5.96. The van der Waals surface area contributed by atoms with Crippen molar-refractivity contribution in [1.82, 2.24) is 0 Å². The van der Waals surface area contributed by atoms with Crippen molar-refractivity contribution < 1.29 is 9.59 Å². The van der Waals surface area contributed by atoms with Crippen molar-refractivity contribution in [3.05, 3.63) is 40.4 Å². The Morgan fingerprint density at radius 1 is 1.22 bits per heavy atom. The second-order valence-electron chi connectivity index (χ2n) is 5.22. The van der Waals surface area contributed by atoms with Crippen molar-refractivity contribution in [1.29, 1.82) is 0 Å². The molecular weight excluding hydrogens is 248 g/mol. The molecule has 2 nitrogen and oxygen atoms in total. The molecule has 94 valence electrons. The monoisotopic (exact) mass is 262 g/mol. The van der Waals surface area contributed by atoms with Gasteiger partial charge in [0.05, 0.1) is 5.57 Å². The van der Waals surface area contributed by atoms with Crippen LogP contribution < -0.4 is 0 Å². The van der Waals surface area contributed by atoms with E-state index in [1.54, 1.807) is 18.2 Å². The molecule has 0 aliphatic heterocycles. The summed E-state index contributed by atoms with van der Waals surface area (Å²) in [6.45, 7) is 3.75.